The Hall–Kier alpha value is -2.41. The summed E-state index contributed by atoms with van der Waals surface area (Å²) in [6, 6.07) is 7.79. The molecule has 2 aliphatic heterocycles. The highest BCUT2D eigenvalue weighted by atomic mass is 16.2. The number of amides is 4. The zero-order valence-electron chi connectivity index (χ0n) is 20.9. The molecule has 7 heteroatoms. The Kier molecular flexibility index (Phi) is 8.16. The second-order valence-electron chi connectivity index (χ2n) is 10.4. The molecule has 2 aliphatic rings. The van der Waals surface area contributed by atoms with Gasteiger partial charge in [-0.3, -0.25) is 14.5 Å². The first-order chi connectivity index (χ1) is 15.6. The van der Waals surface area contributed by atoms with Crippen molar-refractivity contribution in [1.82, 2.24) is 20.0 Å². The van der Waals surface area contributed by atoms with Crippen molar-refractivity contribution in [2.45, 2.75) is 58.4 Å². The molecule has 182 valence electrons. The summed E-state index contributed by atoms with van der Waals surface area (Å²) in [5, 5.41) is 3.15. The first kappa shape index (κ1) is 25.2. The Bertz CT molecular complexity index is 861. The van der Waals surface area contributed by atoms with Crippen LogP contribution in [0.1, 0.15) is 50.7 Å². The number of imide groups is 1. The minimum atomic E-state index is -0.950. The van der Waals surface area contributed by atoms with Gasteiger partial charge in [0.1, 0.15) is 5.54 Å². The van der Waals surface area contributed by atoms with E-state index in [0.29, 0.717) is 51.2 Å². The molecule has 0 spiro atoms. The fourth-order valence-electron chi connectivity index (χ4n) is 5.14. The molecule has 4 amide bonds. The van der Waals surface area contributed by atoms with Crippen LogP contribution >= 0.6 is 0 Å². The molecule has 2 fully saturated rings. The number of benzene rings is 1. The zero-order valence-corrected chi connectivity index (χ0v) is 20.9. The average Bonchev–Trinajstić information content (AvgIpc) is 2.99. The highest BCUT2D eigenvalue weighted by molar-refractivity contribution is 6.07. The van der Waals surface area contributed by atoms with Crippen LogP contribution in [-0.4, -0.2) is 78.4 Å². The van der Waals surface area contributed by atoms with Crippen LogP contribution in [0.3, 0.4) is 0 Å². The number of hydrogen-bond donors (Lipinski definition) is 1. The number of carbonyl (C=O) groups excluding carboxylic acids is 3. The monoisotopic (exact) mass is 456 g/mol. The van der Waals surface area contributed by atoms with E-state index >= 15 is 0 Å². The van der Waals surface area contributed by atoms with E-state index < -0.39 is 5.54 Å². The molecule has 2 saturated heterocycles. The van der Waals surface area contributed by atoms with Crippen LogP contribution in [0.5, 0.6) is 0 Å². The van der Waals surface area contributed by atoms with Gasteiger partial charge in [0.05, 0.1) is 0 Å². The van der Waals surface area contributed by atoms with Gasteiger partial charge in [0.15, 0.2) is 0 Å². The van der Waals surface area contributed by atoms with E-state index in [1.807, 2.05) is 50.2 Å². The average molecular weight is 457 g/mol. The van der Waals surface area contributed by atoms with Gasteiger partial charge < -0.3 is 15.1 Å². The number of hydrogen-bond acceptors (Lipinski definition) is 4. The predicted octanol–water partition coefficient (Wildman–Crippen LogP) is 3.06. The van der Waals surface area contributed by atoms with Crippen LogP contribution in [-0.2, 0) is 16.0 Å². The molecule has 1 aromatic carbocycles. The van der Waals surface area contributed by atoms with Gasteiger partial charge in [-0.2, -0.15) is 0 Å². The number of rotatable bonds is 9. The van der Waals surface area contributed by atoms with Crippen molar-refractivity contribution in [3.8, 4) is 0 Å². The minimum absolute atomic E-state index is 0.00416. The predicted molar refractivity (Wildman–Crippen MR) is 130 cm³/mol. The normalized spacial score (nSPS) is 21.9. The van der Waals surface area contributed by atoms with Gasteiger partial charge in [-0.15, -0.1) is 0 Å². The van der Waals surface area contributed by atoms with Crippen LogP contribution < -0.4 is 5.32 Å². The zero-order chi connectivity index (χ0) is 24.2. The molecule has 0 aromatic heterocycles. The van der Waals surface area contributed by atoms with Gasteiger partial charge in [-0.05, 0) is 69.8 Å². The molecule has 0 radical (unpaired) electrons. The summed E-state index contributed by atoms with van der Waals surface area (Å²) in [7, 11) is 3.98. The van der Waals surface area contributed by atoms with Crippen molar-refractivity contribution < 1.29 is 14.4 Å². The SMILES string of the molecule is Cc1ccccc1C[C@]1(C2CCN(C(=O)CC(C)C)CC2)NC(=O)N(CCCN(C)C)C1=O. The van der Waals surface area contributed by atoms with Gasteiger partial charge >= 0.3 is 6.03 Å². The maximum absolute atomic E-state index is 13.8. The second-order valence-corrected chi connectivity index (χ2v) is 10.4. The van der Waals surface area contributed by atoms with E-state index in [1.165, 1.54) is 4.90 Å². The van der Waals surface area contributed by atoms with Crippen molar-refractivity contribution in [3.05, 3.63) is 35.4 Å². The Morgan fingerprint density at radius 3 is 2.45 bits per heavy atom. The summed E-state index contributed by atoms with van der Waals surface area (Å²) in [6.45, 7) is 8.67. The Labute approximate surface area is 198 Å². The van der Waals surface area contributed by atoms with E-state index in [-0.39, 0.29) is 23.8 Å². The third kappa shape index (κ3) is 5.75. The molecule has 0 aliphatic carbocycles. The number of likely N-dealkylation sites (tertiary alicyclic amines) is 1. The van der Waals surface area contributed by atoms with Gasteiger partial charge in [0.25, 0.3) is 5.91 Å². The summed E-state index contributed by atoms with van der Waals surface area (Å²) in [4.78, 5) is 44.8. The van der Waals surface area contributed by atoms with E-state index in [0.717, 1.165) is 24.1 Å². The van der Waals surface area contributed by atoms with Crippen molar-refractivity contribution >= 4 is 17.8 Å². The fraction of sp³-hybridized carbons (Fsp3) is 0.654. The van der Waals surface area contributed by atoms with Crippen molar-refractivity contribution in [2.75, 3.05) is 40.3 Å². The Balaban J connectivity index is 1.82. The first-order valence-electron chi connectivity index (χ1n) is 12.2. The standard InChI is InChI=1S/C26H40N4O3/c1-19(2)17-23(31)29-15-11-22(12-16-29)26(18-21-10-7-6-9-20(21)3)24(32)30(25(33)27-26)14-8-13-28(4)5/h6-7,9-10,19,22H,8,11-18H2,1-5H3,(H,27,33)/t26-/m1/s1. The van der Waals surface area contributed by atoms with Gasteiger partial charge in [-0.25, -0.2) is 4.79 Å². The molecule has 1 aromatic rings. The lowest BCUT2D eigenvalue weighted by atomic mass is 9.73. The van der Waals surface area contributed by atoms with Crippen LogP contribution in [0.2, 0.25) is 0 Å². The largest absolute Gasteiger partial charge is 0.343 e. The van der Waals surface area contributed by atoms with Crippen molar-refractivity contribution in [3.63, 3.8) is 0 Å². The number of aryl methyl sites for hydroxylation is 1. The first-order valence-corrected chi connectivity index (χ1v) is 12.2. The lowest BCUT2D eigenvalue weighted by Crippen LogP contribution is -2.58. The molecular formula is C26H40N4O3. The summed E-state index contributed by atoms with van der Waals surface area (Å²) in [5.74, 6) is 0.398. The third-order valence-corrected chi connectivity index (χ3v) is 7.05. The number of piperidine rings is 1. The maximum atomic E-state index is 13.8. The molecular weight excluding hydrogens is 416 g/mol. The number of nitrogens with one attached hydrogen (secondary N) is 1. The maximum Gasteiger partial charge on any atom is 0.325 e. The second kappa shape index (κ2) is 10.7. The van der Waals surface area contributed by atoms with E-state index in [2.05, 4.69) is 24.1 Å². The van der Waals surface area contributed by atoms with Crippen LogP contribution in [0, 0.1) is 18.8 Å². The topological polar surface area (TPSA) is 73.0 Å². The Morgan fingerprint density at radius 1 is 1.18 bits per heavy atom. The van der Waals surface area contributed by atoms with E-state index in [1.54, 1.807) is 0 Å². The van der Waals surface area contributed by atoms with Crippen molar-refractivity contribution in [2.24, 2.45) is 11.8 Å². The molecule has 0 saturated carbocycles. The number of urea groups is 1. The quantitative estimate of drug-likeness (QED) is 0.580. The Morgan fingerprint density at radius 2 is 1.85 bits per heavy atom. The van der Waals surface area contributed by atoms with Crippen LogP contribution in [0.15, 0.2) is 24.3 Å². The summed E-state index contributed by atoms with van der Waals surface area (Å²) < 4.78 is 0. The molecule has 1 N–H and O–H groups in total. The summed E-state index contributed by atoms with van der Waals surface area (Å²) in [5.41, 5.74) is 1.25. The van der Waals surface area contributed by atoms with Crippen molar-refractivity contribution in [1.29, 1.82) is 0 Å². The summed E-state index contributed by atoms with van der Waals surface area (Å²) in [6.07, 6.45) is 3.21. The lowest BCUT2D eigenvalue weighted by Gasteiger charge is -2.41. The highest BCUT2D eigenvalue weighted by Gasteiger charge is 2.55. The van der Waals surface area contributed by atoms with Crippen LogP contribution in [0.4, 0.5) is 4.79 Å². The highest BCUT2D eigenvalue weighted by Crippen LogP contribution is 2.37. The van der Waals surface area contributed by atoms with E-state index in [9.17, 15) is 14.4 Å². The number of nitrogens with zero attached hydrogens (tertiary/aromatic N) is 3. The smallest absolute Gasteiger partial charge is 0.325 e. The molecule has 0 bridgehead atoms. The molecule has 3 rings (SSSR count). The van der Waals surface area contributed by atoms with E-state index in [4.69, 9.17) is 0 Å². The third-order valence-electron chi connectivity index (χ3n) is 7.05. The number of carbonyl (C=O) groups is 3. The minimum Gasteiger partial charge on any atom is -0.343 e. The van der Waals surface area contributed by atoms with Gasteiger partial charge in [0, 0.05) is 32.5 Å². The molecule has 0 unspecified atom stereocenters. The summed E-state index contributed by atoms with van der Waals surface area (Å²) >= 11 is 0. The lowest BCUT2D eigenvalue weighted by molar-refractivity contribution is -0.136. The van der Waals surface area contributed by atoms with Crippen LogP contribution in [0.25, 0.3) is 0 Å². The fourth-order valence-corrected chi connectivity index (χ4v) is 5.14. The molecule has 2 heterocycles. The molecule has 1 atom stereocenters. The molecule has 7 nitrogen and oxygen atoms in total. The molecule has 33 heavy (non-hydrogen) atoms. The van der Waals surface area contributed by atoms with Gasteiger partial charge in [-0.1, -0.05) is 38.1 Å². The van der Waals surface area contributed by atoms with Gasteiger partial charge in [0.2, 0.25) is 5.91 Å².